The lowest BCUT2D eigenvalue weighted by Crippen LogP contribution is -1.97. The fourth-order valence-corrected chi connectivity index (χ4v) is 1.56. The summed E-state index contributed by atoms with van der Waals surface area (Å²) in [4.78, 5) is 0. The highest BCUT2D eigenvalue weighted by molar-refractivity contribution is 5.30. The standard InChI is InChI=1S/C13H18FN/c1-10(4-3-7-15)8-12-5-6-13(14)9-11(12)2/h4-6,9H,3,7-8,15H2,1-2H3/b10-4-. The zero-order valence-corrected chi connectivity index (χ0v) is 9.39. The van der Waals surface area contributed by atoms with Gasteiger partial charge in [0, 0.05) is 0 Å². The Morgan fingerprint density at radius 3 is 2.80 bits per heavy atom. The van der Waals surface area contributed by atoms with E-state index >= 15 is 0 Å². The van der Waals surface area contributed by atoms with Gasteiger partial charge in [-0.05, 0) is 56.5 Å². The van der Waals surface area contributed by atoms with Crippen LogP contribution in [0.3, 0.4) is 0 Å². The van der Waals surface area contributed by atoms with Gasteiger partial charge in [-0.25, -0.2) is 4.39 Å². The minimum Gasteiger partial charge on any atom is -0.330 e. The van der Waals surface area contributed by atoms with Crippen LogP contribution in [0.2, 0.25) is 0 Å². The van der Waals surface area contributed by atoms with Gasteiger partial charge in [-0.15, -0.1) is 0 Å². The first-order valence-electron chi connectivity index (χ1n) is 5.24. The highest BCUT2D eigenvalue weighted by atomic mass is 19.1. The highest BCUT2D eigenvalue weighted by Crippen LogP contribution is 2.14. The molecular weight excluding hydrogens is 189 g/mol. The average molecular weight is 207 g/mol. The lowest BCUT2D eigenvalue weighted by atomic mass is 10.0. The molecule has 0 fully saturated rings. The number of hydrogen-bond acceptors (Lipinski definition) is 1. The molecule has 0 atom stereocenters. The predicted molar refractivity (Wildman–Crippen MR) is 62.3 cm³/mol. The summed E-state index contributed by atoms with van der Waals surface area (Å²) in [6.45, 7) is 4.70. The zero-order chi connectivity index (χ0) is 11.3. The van der Waals surface area contributed by atoms with Crippen molar-refractivity contribution in [2.45, 2.75) is 26.7 Å². The van der Waals surface area contributed by atoms with E-state index < -0.39 is 0 Å². The van der Waals surface area contributed by atoms with Crippen LogP contribution in [-0.4, -0.2) is 6.54 Å². The summed E-state index contributed by atoms with van der Waals surface area (Å²) >= 11 is 0. The van der Waals surface area contributed by atoms with Crippen LogP contribution in [0.1, 0.15) is 24.5 Å². The molecule has 2 N–H and O–H groups in total. The molecule has 0 amide bonds. The van der Waals surface area contributed by atoms with Crippen LogP contribution in [0, 0.1) is 12.7 Å². The fourth-order valence-electron chi connectivity index (χ4n) is 1.56. The molecule has 0 spiro atoms. The van der Waals surface area contributed by atoms with Crippen molar-refractivity contribution in [1.29, 1.82) is 0 Å². The Balaban J connectivity index is 2.72. The lowest BCUT2D eigenvalue weighted by molar-refractivity contribution is 0.625. The number of benzene rings is 1. The minimum atomic E-state index is -0.167. The average Bonchev–Trinajstić information content (AvgIpc) is 2.19. The largest absolute Gasteiger partial charge is 0.330 e. The maximum absolute atomic E-state index is 12.9. The van der Waals surface area contributed by atoms with Crippen molar-refractivity contribution in [3.8, 4) is 0 Å². The second kappa shape index (κ2) is 5.66. The van der Waals surface area contributed by atoms with Gasteiger partial charge in [-0.3, -0.25) is 0 Å². The second-order valence-electron chi connectivity index (χ2n) is 3.88. The SMILES string of the molecule is C/C(=C/CCN)Cc1ccc(F)cc1C. The van der Waals surface area contributed by atoms with Gasteiger partial charge in [0.15, 0.2) is 0 Å². The number of halogens is 1. The Bertz CT molecular complexity index is 356. The van der Waals surface area contributed by atoms with E-state index in [1.165, 1.54) is 17.2 Å². The topological polar surface area (TPSA) is 26.0 Å². The second-order valence-corrected chi connectivity index (χ2v) is 3.88. The number of aryl methyl sites for hydroxylation is 1. The van der Waals surface area contributed by atoms with Gasteiger partial charge in [0.1, 0.15) is 5.82 Å². The summed E-state index contributed by atoms with van der Waals surface area (Å²) < 4.78 is 12.9. The molecule has 82 valence electrons. The minimum absolute atomic E-state index is 0.167. The molecule has 15 heavy (non-hydrogen) atoms. The molecule has 1 nitrogen and oxygen atoms in total. The fraction of sp³-hybridized carbons (Fsp3) is 0.385. The molecular formula is C13H18FN. The van der Waals surface area contributed by atoms with E-state index in [0.717, 1.165) is 18.4 Å². The van der Waals surface area contributed by atoms with Crippen molar-refractivity contribution in [1.82, 2.24) is 0 Å². The van der Waals surface area contributed by atoms with E-state index in [2.05, 4.69) is 13.0 Å². The third-order valence-electron chi connectivity index (χ3n) is 2.43. The zero-order valence-electron chi connectivity index (χ0n) is 9.39. The van der Waals surface area contributed by atoms with Crippen LogP contribution in [0.5, 0.6) is 0 Å². The molecule has 0 aromatic heterocycles. The van der Waals surface area contributed by atoms with Crippen LogP contribution in [0.15, 0.2) is 29.8 Å². The monoisotopic (exact) mass is 207 g/mol. The molecule has 0 unspecified atom stereocenters. The molecule has 1 rings (SSSR count). The van der Waals surface area contributed by atoms with Crippen molar-refractivity contribution in [3.63, 3.8) is 0 Å². The first-order chi connectivity index (χ1) is 7.13. The number of nitrogens with two attached hydrogens (primary N) is 1. The molecule has 0 radical (unpaired) electrons. The maximum Gasteiger partial charge on any atom is 0.123 e. The summed E-state index contributed by atoms with van der Waals surface area (Å²) in [7, 11) is 0. The quantitative estimate of drug-likeness (QED) is 0.755. The van der Waals surface area contributed by atoms with E-state index in [-0.39, 0.29) is 5.82 Å². The molecule has 0 heterocycles. The number of hydrogen-bond donors (Lipinski definition) is 1. The molecule has 0 saturated carbocycles. The summed E-state index contributed by atoms with van der Waals surface area (Å²) in [5.41, 5.74) is 8.91. The van der Waals surface area contributed by atoms with Gasteiger partial charge in [-0.2, -0.15) is 0 Å². The first-order valence-corrected chi connectivity index (χ1v) is 5.24. The van der Waals surface area contributed by atoms with Gasteiger partial charge in [0.25, 0.3) is 0 Å². The molecule has 0 aliphatic heterocycles. The Labute approximate surface area is 90.8 Å². The first kappa shape index (κ1) is 11.9. The Morgan fingerprint density at radius 2 is 2.20 bits per heavy atom. The van der Waals surface area contributed by atoms with Gasteiger partial charge < -0.3 is 5.73 Å². The third-order valence-corrected chi connectivity index (χ3v) is 2.43. The molecule has 2 heteroatoms. The van der Waals surface area contributed by atoms with Crippen molar-refractivity contribution in [2.75, 3.05) is 6.54 Å². The molecule has 0 saturated heterocycles. The normalized spacial score (nSPS) is 11.9. The van der Waals surface area contributed by atoms with Crippen molar-refractivity contribution in [2.24, 2.45) is 5.73 Å². The number of allylic oxidation sites excluding steroid dienone is 1. The Kier molecular flexibility index (Phi) is 4.50. The van der Waals surface area contributed by atoms with E-state index in [4.69, 9.17) is 5.73 Å². The smallest absolute Gasteiger partial charge is 0.123 e. The summed E-state index contributed by atoms with van der Waals surface area (Å²) in [6, 6.07) is 4.94. The van der Waals surface area contributed by atoms with Crippen molar-refractivity contribution < 1.29 is 4.39 Å². The highest BCUT2D eigenvalue weighted by Gasteiger charge is 2.00. The summed E-state index contributed by atoms with van der Waals surface area (Å²) in [5, 5.41) is 0. The predicted octanol–water partition coefficient (Wildman–Crippen LogP) is 2.97. The molecule has 0 aliphatic rings. The van der Waals surface area contributed by atoms with E-state index in [1.54, 1.807) is 6.07 Å². The van der Waals surface area contributed by atoms with E-state index in [0.29, 0.717) is 6.54 Å². The Morgan fingerprint density at radius 1 is 1.47 bits per heavy atom. The molecule has 0 bridgehead atoms. The molecule has 1 aromatic rings. The van der Waals surface area contributed by atoms with Crippen LogP contribution < -0.4 is 5.73 Å². The summed E-state index contributed by atoms with van der Waals surface area (Å²) in [5.74, 6) is -0.167. The van der Waals surface area contributed by atoms with Gasteiger partial charge in [0.2, 0.25) is 0 Å². The lowest BCUT2D eigenvalue weighted by Gasteiger charge is -2.06. The van der Waals surface area contributed by atoms with Gasteiger partial charge in [-0.1, -0.05) is 17.7 Å². The van der Waals surface area contributed by atoms with Crippen LogP contribution in [-0.2, 0) is 6.42 Å². The molecule has 1 aromatic carbocycles. The number of rotatable bonds is 4. The van der Waals surface area contributed by atoms with Gasteiger partial charge in [0.05, 0.1) is 0 Å². The Hall–Kier alpha value is -1.15. The van der Waals surface area contributed by atoms with E-state index in [9.17, 15) is 4.39 Å². The van der Waals surface area contributed by atoms with Crippen molar-refractivity contribution in [3.05, 3.63) is 46.8 Å². The molecule has 0 aliphatic carbocycles. The summed E-state index contributed by atoms with van der Waals surface area (Å²) in [6.07, 6.45) is 3.93. The van der Waals surface area contributed by atoms with Crippen LogP contribution in [0.25, 0.3) is 0 Å². The van der Waals surface area contributed by atoms with Crippen LogP contribution in [0.4, 0.5) is 4.39 Å². The third kappa shape index (κ3) is 3.84. The van der Waals surface area contributed by atoms with E-state index in [1.807, 2.05) is 13.0 Å². The maximum atomic E-state index is 12.9. The van der Waals surface area contributed by atoms with Crippen LogP contribution >= 0.6 is 0 Å². The van der Waals surface area contributed by atoms with Crippen molar-refractivity contribution >= 4 is 0 Å². The van der Waals surface area contributed by atoms with Gasteiger partial charge >= 0.3 is 0 Å².